The Kier molecular flexibility index (Phi) is 2.49. The number of nitrogens with one attached hydrogen (secondary N) is 3. The number of amides is 1. The number of carbonyl (C=O) groups excluding carboxylic acids is 1. The number of fused-ring (bicyclic) bond motifs is 1. The maximum atomic E-state index is 11.1. The second kappa shape index (κ2) is 3.81. The molecule has 3 N–H and O–H groups in total. The van der Waals surface area contributed by atoms with Crippen LogP contribution in [0.4, 0.5) is 17.1 Å². The van der Waals surface area contributed by atoms with Crippen molar-refractivity contribution in [3.05, 3.63) is 18.2 Å². The van der Waals surface area contributed by atoms with Crippen LogP contribution >= 0.6 is 0 Å². The highest BCUT2D eigenvalue weighted by atomic mass is 16.2. The molecule has 0 radical (unpaired) electrons. The molecule has 0 fully saturated rings. The lowest BCUT2D eigenvalue weighted by atomic mass is 10.2. The van der Waals surface area contributed by atoms with E-state index in [1.807, 2.05) is 18.2 Å². The van der Waals surface area contributed by atoms with Gasteiger partial charge in [-0.1, -0.05) is 0 Å². The van der Waals surface area contributed by atoms with E-state index < -0.39 is 0 Å². The molecule has 15 heavy (non-hydrogen) atoms. The van der Waals surface area contributed by atoms with Crippen molar-refractivity contribution in [1.82, 2.24) is 0 Å². The van der Waals surface area contributed by atoms with E-state index in [0.717, 1.165) is 17.1 Å². The molecule has 0 aliphatic carbocycles. The van der Waals surface area contributed by atoms with E-state index in [4.69, 9.17) is 0 Å². The van der Waals surface area contributed by atoms with Crippen molar-refractivity contribution in [2.75, 3.05) is 22.5 Å². The van der Waals surface area contributed by atoms with Gasteiger partial charge in [-0.2, -0.15) is 0 Å². The van der Waals surface area contributed by atoms with Crippen molar-refractivity contribution in [2.24, 2.45) is 0 Å². The van der Waals surface area contributed by atoms with Crippen LogP contribution in [0.15, 0.2) is 18.2 Å². The summed E-state index contributed by atoms with van der Waals surface area (Å²) in [5.41, 5.74) is 2.88. The van der Waals surface area contributed by atoms with Crippen molar-refractivity contribution in [3.8, 4) is 0 Å². The third-order valence-electron chi connectivity index (χ3n) is 2.19. The monoisotopic (exact) mass is 205 g/mol. The van der Waals surface area contributed by atoms with Crippen LogP contribution in [-0.2, 0) is 4.79 Å². The fourth-order valence-corrected chi connectivity index (χ4v) is 1.59. The highest BCUT2D eigenvalue weighted by molar-refractivity contribution is 6.01. The Hall–Kier alpha value is -1.71. The predicted molar refractivity (Wildman–Crippen MR) is 62.3 cm³/mol. The van der Waals surface area contributed by atoms with Crippen LogP contribution in [0.3, 0.4) is 0 Å². The zero-order valence-corrected chi connectivity index (χ0v) is 8.92. The number of rotatable bonds is 2. The summed E-state index contributed by atoms with van der Waals surface area (Å²) in [5, 5.41) is 9.20. The van der Waals surface area contributed by atoms with Gasteiger partial charge in [-0.3, -0.25) is 4.79 Å². The zero-order chi connectivity index (χ0) is 10.8. The standard InChI is InChI=1S/C11H15N3O/c1-7(2)13-8-3-4-9-10(5-8)12-6-11(15)14-9/h3-5,7,12-13H,6H2,1-2H3,(H,14,15). The molecule has 0 saturated heterocycles. The largest absolute Gasteiger partial charge is 0.383 e. The minimum absolute atomic E-state index is 0.00655. The summed E-state index contributed by atoms with van der Waals surface area (Å²) >= 11 is 0. The molecule has 4 heteroatoms. The predicted octanol–water partition coefficient (Wildman–Crippen LogP) is 1.87. The summed E-state index contributed by atoms with van der Waals surface area (Å²) in [7, 11) is 0. The van der Waals surface area contributed by atoms with Crippen LogP contribution in [-0.4, -0.2) is 18.5 Å². The number of benzene rings is 1. The smallest absolute Gasteiger partial charge is 0.243 e. The van der Waals surface area contributed by atoms with Crippen molar-refractivity contribution >= 4 is 23.0 Å². The Morgan fingerprint density at radius 3 is 2.87 bits per heavy atom. The summed E-state index contributed by atoms with van der Waals surface area (Å²) in [6.07, 6.45) is 0. The molecule has 1 aromatic carbocycles. The molecule has 1 aliphatic rings. The molecule has 1 amide bonds. The fraction of sp³-hybridized carbons (Fsp3) is 0.364. The molecule has 2 rings (SSSR count). The van der Waals surface area contributed by atoms with Gasteiger partial charge < -0.3 is 16.0 Å². The molecule has 1 aromatic rings. The van der Waals surface area contributed by atoms with Gasteiger partial charge in [0.1, 0.15) is 0 Å². The van der Waals surface area contributed by atoms with E-state index in [-0.39, 0.29) is 5.91 Å². The average molecular weight is 205 g/mol. The normalized spacial score (nSPS) is 14.2. The van der Waals surface area contributed by atoms with Crippen LogP contribution in [0.1, 0.15) is 13.8 Å². The Bertz CT molecular complexity index is 387. The lowest BCUT2D eigenvalue weighted by Crippen LogP contribution is -2.27. The molecule has 80 valence electrons. The van der Waals surface area contributed by atoms with Crippen molar-refractivity contribution in [1.29, 1.82) is 0 Å². The topological polar surface area (TPSA) is 53.2 Å². The van der Waals surface area contributed by atoms with Gasteiger partial charge in [-0.25, -0.2) is 0 Å². The highest BCUT2D eigenvalue weighted by Crippen LogP contribution is 2.28. The SMILES string of the molecule is CC(C)Nc1ccc2c(c1)NCC(=O)N2. The minimum atomic E-state index is 0.00655. The molecule has 0 unspecified atom stereocenters. The minimum Gasteiger partial charge on any atom is -0.383 e. The Morgan fingerprint density at radius 2 is 2.13 bits per heavy atom. The molecule has 4 nitrogen and oxygen atoms in total. The summed E-state index contributed by atoms with van der Waals surface area (Å²) in [6, 6.07) is 6.28. The zero-order valence-electron chi connectivity index (χ0n) is 8.92. The van der Waals surface area contributed by atoms with Crippen LogP contribution in [0.5, 0.6) is 0 Å². The first-order valence-electron chi connectivity index (χ1n) is 5.09. The molecule has 1 heterocycles. The number of anilines is 3. The second-order valence-electron chi connectivity index (χ2n) is 3.96. The molecule has 0 atom stereocenters. The first-order chi connectivity index (χ1) is 7.15. The van der Waals surface area contributed by atoms with E-state index in [0.29, 0.717) is 12.6 Å². The second-order valence-corrected chi connectivity index (χ2v) is 3.96. The lowest BCUT2D eigenvalue weighted by molar-refractivity contribution is -0.114. The summed E-state index contributed by atoms with van der Waals surface area (Å²) in [4.78, 5) is 11.1. The average Bonchev–Trinajstić information content (AvgIpc) is 2.17. The molecule has 0 spiro atoms. The summed E-state index contributed by atoms with van der Waals surface area (Å²) in [6.45, 7) is 4.53. The van der Waals surface area contributed by atoms with Gasteiger partial charge in [0.05, 0.1) is 17.9 Å². The number of carbonyl (C=O) groups is 1. The lowest BCUT2D eigenvalue weighted by Gasteiger charge is -2.20. The quantitative estimate of drug-likeness (QED) is 0.691. The van der Waals surface area contributed by atoms with E-state index in [9.17, 15) is 4.79 Å². The van der Waals surface area contributed by atoms with Crippen LogP contribution in [0.2, 0.25) is 0 Å². The molecule has 1 aliphatic heterocycles. The van der Waals surface area contributed by atoms with Crippen LogP contribution in [0, 0.1) is 0 Å². The van der Waals surface area contributed by atoms with E-state index in [1.54, 1.807) is 0 Å². The Labute approximate surface area is 89.1 Å². The van der Waals surface area contributed by atoms with Crippen molar-refractivity contribution in [3.63, 3.8) is 0 Å². The van der Waals surface area contributed by atoms with Gasteiger partial charge in [0.15, 0.2) is 0 Å². The Morgan fingerprint density at radius 1 is 1.33 bits per heavy atom. The number of hydrogen-bond donors (Lipinski definition) is 3. The van der Waals surface area contributed by atoms with E-state index in [1.165, 1.54) is 0 Å². The highest BCUT2D eigenvalue weighted by Gasteiger charge is 2.13. The van der Waals surface area contributed by atoms with Crippen LogP contribution < -0.4 is 16.0 Å². The fourth-order valence-electron chi connectivity index (χ4n) is 1.59. The Balaban J connectivity index is 2.23. The number of hydrogen-bond acceptors (Lipinski definition) is 3. The molecular formula is C11H15N3O. The molecule has 0 bridgehead atoms. The van der Waals surface area contributed by atoms with Gasteiger partial charge in [-0.05, 0) is 32.0 Å². The van der Waals surface area contributed by atoms with Gasteiger partial charge in [-0.15, -0.1) is 0 Å². The maximum absolute atomic E-state index is 11.1. The van der Waals surface area contributed by atoms with Gasteiger partial charge in [0, 0.05) is 11.7 Å². The van der Waals surface area contributed by atoms with Gasteiger partial charge >= 0.3 is 0 Å². The van der Waals surface area contributed by atoms with Crippen molar-refractivity contribution in [2.45, 2.75) is 19.9 Å². The van der Waals surface area contributed by atoms with Gasteiger partial charge in [0.25, 0.3) is 0 Å². The van der Waals surface area contributed by atoms with Gasteiger partial charge in [0.2, 0.25) is 5.91 Å². The summed E-state index contributed by atoms with van der Waals surface area (Å²) < 4.78 is 0. The first kappa shape index (κ1) is 9.83. The first-order valence-corrected chi connectivity index (χ1v) is 5.09. The maximum Gasteiger partial charge on any atom is 0.243 e. The third-order valence-corrected chi connectivity index (χ3v) is 2.19. The van der Waals surface area contributed by atoms with Crippen LogP contribution in [0.25, 0.3) is 0 Å². The van der Waals surface area contributed by atoms with E-state index >= 15 is 0 Å². The van der Waals surface area contributed by atoms with E-state index in [2.05, 4.69) is 29.8 Å². The van der Waals surface area contributed by atoms with Crippen molar-refractivity contribution < 1.29 is 4.79 Å². The molecule has 0 aromatic heterocycles. The summed E-state index contributed by atoms with van der Waals surface area (Å²) in [5.74, 6) is 0.00655. The third kappa shape index (κ3) is 2.21. The molecular weight excluding hydrogens is 190 g/mol. The molecule has 0 saturated carbocycles.